The van der Waals surface area contributed by atoms with E-state index in [0.717, 1.165) is 10.4 Å². The van der Waals surface area contributed by atoms with Crippen LogP contribution in [0, 0.1) is 6.92 Å². The number of nitrogens with one attached hydrogen (secondary N) is 1. The SMILES string of the molecule is COC(=O)CCCc1nc2c(C)scc2c(=O)[nH]1. The van der Waals surface area contributed by atoms with Gasteiger partial charge >= 0.3 is 5.97 Å². The quantitative estimate of drug-likeness (QED) is 0.856. The molecule has 0 radical (unpaired) electrons. The Morgan fingerprint density at radius 1 is 1.56 bits per heavy atom. The second kappa shape index (κ2) is 5.30. The van der Waals surface area contributed by atoms with Gasteiger partial charge in [0.15, 0.2) is 0 Å². The molecule has 0 bridgehead atoms. The van der Waals surface area contributed by atoms with Crippen molar-refractivity contribution in [3.63, 3.8) is 0 Å². The highest BCUT2D eigenvalue weighted by molar-refractivity contribution is 7.11. The first-order valence-corrected chi connectivity index (χ1v) is 6.53. The van der Waals surface area contributed by atoms with Crippen molar-refractivity contribution in [2.24, 2.45) is 0 Å². The molecule has 0 aliphatic rings. The maximum Gasteiger partial charge on any atom is 0.305 e. The number of methoxy groups -OCH3 is 1. The van der Waals surface area contributed by atoms with E-state index in [9.17, 15) is 9.59 Å². The number of carbonyl (C=O) groups is 1. The molecule has 0 amide bonds. The summed E-state index contributed by atoms with van der Waals surface area (Å²) in [7, 11) is 1.36. The minimum absolute atomic E-state index is 0.114. The van der Waals surface area contributed by atoms with E-state index in [-0.39, 0.29) is 11.5 Å². The molecular formula is C12H14N2O3S. The van der Waals surface area contributed by atoms with E-state index in [1.54, 1.807) is 0 Å². The average Bonchev–Trinajstić information content (AvgIpc) is 2.72. The molecule has 0 unspecified atom stereocenters. The van der Waals surface area contributed by atoms with Crippen LogP contribution in [0.4, 0.5) is 0 Å². The zero-order valence-electron chi connectivity index (χ0n) is 10.3. The number of nitrogens with zero attached hydrogens (tertiary/aromatic N) is 1. The summed E-state index contributed by atoms with van der Waals surface area (Å²) in [5.74, 6) is 0.378. The van der Waals surface area contributed by atoms with Gasteiger partial charge in [-0.05, 0) is 13.3 Å². The molecule has 96 valence electrons. The number of esters is 1. The van der Waals surface area contributed by atoms with Crippen LogP contribution in [0.1, 0.15) is 23.5 Å². The molecule has 0 aliphatic heterocycles. The van der Waals surface area contributed by atoms with Gasteiger partial charge in [0.05, 0.1) is 18.0 Å². The molecule has 6 heteroatoms. The van der Waals surface area contributed by atoms with E-state index in [1.807, 2.05) is 12.3 Å². The van der Waals surface area contributed by atoms with Crippen LogP contribution in [0.3, 0.4) is 0 Å². The Hall–Kier alpha value is -1.69. The monoisotopic (exact) mass is 266 g/mol. The number of hydrogen-bond acceptors (Lipinski definition) is 5. The standard InChI is InChI=1S/C12H14N2O3S/c1-7-11-8(6-18-7)12(16)14-9(13-11)4-3-5-10(15)17-2/h6H,3-5H2,1-2H3,(H,13,14,16). The van der Waals surface area contributed by atoms with Crippen LogP contribution in [0.25, 0.3) is 10.9 Å². The van der Waals surface area contributed by atoms with Gasteiger partial charge in [0, 0.05) is 23.1 Å². The van der Waals surface area contributed by atoms with Crippen molar-refractivity contribution in [2.45, 2.75) is 26.2 Å². The molecule has 0 aromatic carbocycles. The number of rotatable bonds is 4. The van der Waals surface area contributed by atoms with Crippen molar-refractivity contribution in [1.29, 1.82) is 0 Å². The van der Waals surface area contributed by atoms with Crippen LogP contribution in [0.5, 0.6) is 0 Å². The van der Waals surface area contributed by atoms with E-state index in [2.05, 4.69) is 14.7 Å². The van der Waals surface area contributed by atoms with Crippen LogP contribution < -0.4 is 5.56 Å². The fourth-order valence-electron chi connectivity index (χ4n) is 1.73. The smallest absolute Gasteiger partial charge is 0.305 e. The molecule has 2 rings (SSSR count). The number of fused-ring (bicyclic) bond motifs is 1. The fraction of sp³-hybridized carbons (Fsp3) is 0.417. The normalized spacial score (nSPS) is 10.8. The lowest BCUT2D eigenvalue weighted by molar-refractivity contribution is -0.140. The summed E-state index contributed by atoms with van der Waals surface area (Å²) in [5.41, 5.74) is 0.647. The van der Waals surface area contributed by atoms with Crippen molar-refractivity contribution >= 4 is 28.2 Å². The van der Waals surface area contributed by atoms with Crippen molar-refractivity contribution in [2.75, 3.05) is 7.11 Å². The van der Waals surface area contributed by atoms with Gasteiger partial charge in [-0.15, -0.1) is 11.3 Å². The average molecular weight is 266 g/mol. The third kappa shape index (κ3) is 2.59. The molecule has 0 saturated carbocycles. The second-order valence-corrected chi connectivity index (χ2v) is 5.08. The third-order valence-corrected chi connectivity index (χ3v) is 3.61. The maximum atomic E-state index is 11.8. The van der Waals surface area contributed by atoms with Crippen LogP contribution in [-0.2, 0) is 16.0 Å². The van der Waals surface area contributed by atoms with Crippen molar-refractivity contribution in [3.05, 3.63) is 26.4 Å². The molecule has 5 nitrogen and oxygen atoms in total. The summed E-state index contributed by atoms with van der Waals surface area (Å²) in [4.78, 5) is 31.0. The summed E-state index contributed by atoms with van der Waals surface area (Å²) in [6.45, 7) is 1.94. The Morgan fingerprint density at radius 3 is 3.06 bits per heavy atom. The molecule has 0 aliphatic carbocycles. The largest absolute Gasteiger partial charge is 0.469 e. The number of hydrogen-bond donors (Lipinski definition) is 1. The Morgan fingerprint density at radius 2 is 2.33 bits per heavy atom. The first-order chi connectivity index (χ1) is 8.61. The lowest BCUT2D eigenvalue weighted by atomic mass is 10.2. The summed E-state index contributed by atoms with van der Waals surface area (Å²) in [6, 6.07) is 0. The molecule has 2 heterocycles. The Kier molecular flexibility index (Phi) is 3.76. The number of thiophene rings is 1. The van der Waals surface area contributed by atoms with E-state index in [4.69, 9.17) is 0 Å². The van der Waals surface area contributed by atoms with E-state index in [1.165, 1.54) is 18.4 Å². The molecule has 18 heavy (non-hydrogen) atoms. The Labute approximate surface area is 108 Å². The predicted octanol–water partition coefficient (Wildman–Crippen LogP) is 1.79. The van der Waals surface area contributed by atoms with Crippen molar-refractivity contribution in [3.8, 4) is 0 Å². The molecule has 0 fully saturated rings. The fourth-order valence-corrected chi connectivity index (χ4v) is 2.51. The highest BCUT2D eigenvalue weighted by Crippen LogP contribution is 2.19. The predicted molar refractivity (Wildman–Crippen MR) is 69.9 cm³/mol. The topological polar surface area (TPSA) is 72.0 Å². The molecule has 0 spiro atoms. The molecule has 0 atom stereocenters. The van der Waals surface area contributed by atoms with E-state index in [0.29, 0.717) is 30.5 Å². The first kappa shape index (κ1) is 12.8. The minimum atomic E-state index is -0.245. The van der Waals surface area contributed by atoms with Crippen LogP contribution >= 0.6 is 11.3 Å². The number of aromatic nitrogens is 2. The van der Waals surface area contributed by atoms with Crippen molar-refractivity contribution in [1.82, 2.24) is 9.97 Å². The summed E-state index contributed by atoms with van der Waals surface area (Å²) >= 11 is 1.52. The number of aryl methyl sites for hydroxylation is 2. The summed E-state index contributed by atoms with van der Waals surface area (Å²) in [6.07, 6.45) is 1.51. The lowest BCUT2D eigenvalue weighted by Gasteiger charge is -2.01. The van der Waals surface area contributed by atoms with Gasteiger partial charge in [-0.2, -0.15) is 0 Å². The highest BCUT2D eigenvalue weighted by Gasteiger charge is 2.08. The Balaban J connectivity index is 2.16. The van der Waals surface area contributed by atoms with Gasteiger partial charge < -0.3 is 9.72 Å². The molecule has 2 aromatic heterocycles. The van der Waals surface area contributed by atoms with Crippen molar-refractivity contribution < 1.29 is 9.53 Å². The summed E-state index contributed by atoms with van der Waals surface area (Å²) in [5, 5.41) is 2.45. The van der Waals surface area contributed by atoms with Gasteiger partial charge in [0.2, 0.25) is 0 Å². The number of H-pyrrole nitrogens is 1. The van der Waals surface area contributed by atoms with Crippen LogP contribution in [0.15, 0.2) is 10.2 Å². The highest BCUT2D eigenvalue weighted by atomic mass is 32.1. The molecule has 0 saturated heterocycles. The van der Waals surface area contributed by atoms with E-state index < -0.39 is 0 Å². The Bertz CT molecular complexity index is 630. The molecular weight excluding hydrogens is 252 g/mol. The zero-order valence-corrected chi connectivity index (χ0v) is 11.1. The minimum Gasteiger partial charge on any atom is -0.469 e. The van der Waals surface area contributed by atoms with Crippen LogP contribution in [-0.4, -0.2) is 23.0 Å². The molecule has 1 N–H and O–H groups in total. The maximum absolute atomic E-state index is 11.8. The van der Waals surface area contributed by atoms with Gasteiger partial charge in [-0.3, -0.25) is 9.59 Å². The van der Waals surface area contributed by atoms with Gasteiger partial charge in [-0.1, -0.05) is 0 Å². The lowest BCUT2D eigenvalue weighted by Crippen LogP contribution is -2.11. The van der Waals surface area contributed by atoms with Gasteiger partial charge in [0.1, 0.15) is 5.82 Å². The third-order valence-electron chi connectivity index (χ3n) is 2.71. The number of ether oxygens (including phenoxy) is 1. The second-order valence-electron chi connectivity index (χ2n) is 4.00. The zero-order chi connectivity index (χ0) is 13.1. The van der Waals surface area contributed by atoms with Crippen LogP contribution in [0.2, 0.25) is 0 Å². The first-order valence-electron chi connectivity index (χ1n) is 5.65. The van der Waals surface area contributed by atoms with Gasteiger partial charge in [0.25, 0.3) is 5.56 Å². The van der Waals surface area contributed by atoms with Gasteiger partial charge in [-0.25, -0.2) is 4.98 Å². The molecule has 2 aromatic rings. The van der Waals surface area contributed by atoms with E-state index >= 15 is 0 Å². The number of aromatic amines is 1. The summed E-state index contributed by atoms with van der Waals surface area (Å²) < 4.78 is 4.56. The number of carbonyl (C=O) groups excluding carboxylic acids is 1.